The molecule has 0 bridgehead atoms. The highest BCUT2D eigenvalue weighted by Gasteiger charge is 2.25. The molecule has 7 nitrogen and oxygen atoms in total. The summed E-state index contributed by atoms with van der Waals surface area (Å²) in [6.07, 6.45) is 36.3. The molecule has 0 unspecified atom stereocenters. The Hall–Kier alpha value is -1.89. The SMILES string of the molecule is CCCCCCCCCCCCCCCCCCCCC/C=C/C[N+](CCCCC(=O)[O-])(CCCCC(=O)O)CCCCC(=O)O. The van der Waals surface area contributed by atoms with E-state index in [0.717, 1.165) is 56.3 Å². The maximum Gasteiger partial charge on any atom is 0.303 e. The fraction of sp³-hybridized carbons (Fsp3) is 0.872. The third-order valence-corrected chi connectivity index (χ3v) is 9.44. The molecular formula is C39H73NO6. The van der Waals surface area contributed by atoms with E-state index in [2.05, 4.69) is 19.1 Å². The maximum absolute atomic E-state index is 11.0. The van der Waals surface area contributed by atoms with Gasteiger partial charge in [-0.15, -0.1) is 0 Å². The topological polar surface area (TPSA) is 115 Å². The summed E-state index contributed by atoms with van der Waals surface area (Å²) >= 11 is 0. The van der Waals surface area contributed by atoms with Crippen LogP contribution in [0.1, 0.15) is 193 Å². The highest BCUT2D eigenvalue weighted by molar-refractivity contribution is 5.66. The second kappa shape index (κ2) is 33.0. The van der Waals surface area contributed by atoms with Gasteiger partial charge in [0.05, 0.1) is 26.2 Å². The number of aliphatic carboxylic acids is 3. The average molecular weight is 652 g/mol. The van der Waals surface area contributed by atoms with Crippen molar-refractivity contribution in [1.29, 1.82) is 0 Å². The van der Waals surface area contributed by atoms with Gasteiger partial charge in [-0.3, -0.25) is 9.59 Å². The van der Waals surface area contributed by atoms with E-state index >= 15 is 0 Å². The lowest BCUT2D eigenvalue weighted by atomic mass is 10.0. The summed E-state index contributed by atoms with van der Waals surface area (Å²) < 4.78 is 0.766. The molecule has 0 atom stereocenters. The van der Waals surface area contributed by atoms with Crippen LogP contribution in [0.2, 0.25) is 0 Å². The number of carboxylic acids is 3. The smallest absolute Gasteiger partial charge is 0.303 e. The fourth-order valence-electron chi connectivity index (χ4n) is 6.53. The minimum atomic E-state index is -1.03. The summed E-state index contributed by atoms with van der Waals surface area (Å²) in [4.78, 5) is 33.0. The molecule has 0 radical (unpaired) electrons. The van der Waals surface area contributed by atoms with Crippen LogP contribution in [0.3, 0.4) is 0 Å². The molecule has 2 N–H and O–H groups in total. The van der Waals surface area contributed by atoms with Crippen molar-refractivity contribution < 1.29 is 34.2 Å². The lowest BCUT2D eigenvalue weighted by Gasteiger charge is -2.38. The van der Waals surface area contributed by atoms with Gasteiger partial charge in [0.2, 0.25) is 0 Å². The molecule has 0 amide bonds. The van der Waals surface area contributed by atoms with Gasteiger partial charge >= 0.3 is 11.9 Å². The normalized spacial score (nSPS) is 11.8. The van der Waals surface area contributed by atoms with E-state index in [-0.39, 0.29) is 19.3 Å². The summed E-state index contributed by atoms with van der Waals surface area (Å²) in [5.74, 6) is -2.60. The highest BCUT2D eigenvalue weighted by atomic mass is 16.4. The van der Waals surface area contributed by atoms with Crippen LogP contribution in [0.5, 0.6) is 0 Å². The third-order valence-electron chi connectivity index (χ3n) is 9.44. The van der Waals surface area contributed by atoms with Crippen LogP contribution in [-0.4, -0.2) is 58.8 Å². The Morgan fingerprint density at radius 3 is 1.17 bits per heavy atom. The van der Waals surface area contributed by atoms with Crippen molar-refractivity contribution in [2.75, 3.05) is 26.2 Å². The number of carbonyl (C=O) groups excluding carboxylic acids is 1. The molecule has 7 heteroatoms. The van der Waals surface area contributed by atoms with Crippen molar-refractivity contribution in [3.05, 3.63) is 12.2 Å². The van der Waals surface area contributed by atoms with Crippen LogP contribution in [0.15, 0.2) is 12.2 Å². The van der Waals surface area contributed by atoms with Crippen molar-refractivity contribution in [2.24, 2.45) is 0 Å². The molecule has 0 saturated carbocycles. The van der Waals surface area contributed by atoms with Crippen LogP contribution in [-0.2, 0) is 14.4 Å². The summed E-state index contributed by atoms with van der Waals surface area (Å²) in [6, 6.07) is 0. The number of carbonyl (C=O) groups is 3. The van der Waals surface area contributed by atoms with Gasteiger partial charge in [0, 0.05) is 18.8 Å². The van der Waals surface area contributed by atoms with Crippen LogP contribution in [0.25, 0.3) is 0 Å². The fourth-order valence-corrected chi connectivity index (χ4v) is 6.53. The second-order valence-corrected chi connectivity index (χ2v) is 13.8. The lowest BCUT2D eigenvalue weighted by Crippen LogP contribution is -2.50. The van der Waals surface area contributed by atoms with Crippen molar-refractivity contribution in [2.45, 2.75) is 193 Å². The molecule has 0 aromatic carbocycles. The first-order valence-corrected chi connectivity index (χ1v) is 19.4. The second-order valence-electron chi connectivity index (χ2n) is 13.8. The summed E-state index contributed by atoms with van der Waals surface area (Å²) in [5.41, 5.74) is 0. The number of quaternary nitrogens is 1. The first-order valence-electron chi connectivity index (χ1n) is 19.4. The number of unbranched alkanes of at least 4 members (excludes halogenated alkanes) is 22. The Balaban J connectivity index is 4.21. The summed E-state index contributed by atoms with van der Waals surface area (Å²) in [5, 5.41) is 29.0. The zero-order valence-corrected chi connectivity index (χ0v) is 30.0. The van der Waals surface area contributed by atoms with Gasteiger partial charge in [-0.1, -0.05) is 129 Å². The summed E-state index contributed by atoms with van der Waals surface area (Å²) in [6.45, 7) is 5.58. The van der Waals surface area contributed by atoms with Crippen LogP contribution in [0, 0.1) is 0 Å². The first-order chi connectivity index (χ1) is 22.3. The standard InChI is InChI=1S/C39H73NO6/c1-2-3-4-5-6-7-8-9-10-11-12-13-14-15-16-17-18-19-20-21-22-26-33-40(34-27-23-30-37(41)42,35-28-24-31-38(43)44)36-29-25-32-39(45)46/h22,26H,2-21,23-25,27-36H2,1H3,(H2-,41,42,43,44,45,46)/b26-22+. The molecule has 0 spiro atoms. The number of nitrogens with zero attached hydrogens (tertiary/aromatic N) is 1. The maximum atomic E-state index is 11.0. The zero-order valence-electron chi connectivity index (χ0n) is 30.0. The molecule has 0 rings (SSSR count). The largest absolute Gasteiger partial charge is 0.550 e. The molecular weight excluding hydrogens is 578 g/mol. The Morgan fingerprint density at radius 1 is 0.478 bits per heavy atom. The molecule has 0 heterocycles. The van der Waals surface area contributed by atoms with Gasteiger partial charge < -0.3 is 24.6 Å². The van der Waals surface area contributed by atoms with Crippen LogP contribution >= 0.6 is 0 Å². The molecule has 270 valence electrons. The van der Waals surface area contributed by atoms with E-state index in [9.17, 15) is 19.5 Å². The van der Waals surface area contributed by atoms with Gasteiger partial charge in [0.25, 0.3) is 0 Å². The Kier molecular flexibility index (Phi) is 31.7. The van der Waals surface area contributed by atoms with E-state index in [1.807, 2.05) is 0 Å². The van der Waals surface area contributed by atoms with Gasteiger partial charge in [-0.25, -0.2) is 0 Å². The van der Waals surface area contributed by atoms with Gasteiger partial charge in [-0.2, -0.15) is 0 Å². The molecule has 46 heavy (non-hydrogen) atoms. The van der Waals surface area contributed by atoms with E-state index in [1.165, 1.54) is 122 Å². The van der Waals surface area contributed by atoms with Crippen LogP contribution in [0.4, 0.5) is 0 Å². The van der Waals surface area contributed by atoms with Gasteiger partial charge in [-0.05, 0) is 63.9 Å². The third kappa shape index (κ3) is 32.1. The molecule has 0 saturated heterocycles. The van der Waals surface area contributed by atoms with E-state index < -0.39 is 17.9 Å². The van der Waals surface area contributed by atoms with Gasteiger partial charge in [0.15, 0.2) is 0 Å². The molecule has 0 aliphatic rings. The molecule has 0 aromatic heterocycles. The van der Waals surface area contributed by atoms with E-state index in [1.54, 1.807) is 0 Å². The number of rotatable bonds is 37. The van der Waals surface area contributed by atoms with Crippen LogP contribution < -0.4 is 5.11 Å². The van der Waals surface area contributed by atoms with Crippen molar-refractivity contribution in [3.8, 4) is 0 Å². The highest BCUT2D eigenvalue weighted by Crippen LogP contribution is 2.18. The first kappa shape index (κ1) is 44.1. The minimum Gasteiger partial charge on any atom is -0.550 e. The zero-order chi connectivity index (χ0) is 34.0. The number of hydrogen-bond donors (Lipinski definition) is 2. The van der Waals surface area contributed by atoms with E-state index in [4.69, 9.17) is 10.2 Å². The van der Waals surface area contributed by atoms with Crippen molar-refractivity contribution in [1.82, 2.24) is 0 Å². The van der Waals surface area contributed by atoms with Crippen molar-refractivity contribution >= 4 is 17.9 Å². The Bertz CT molecular complexity index is 698. The lowest BCUT2D eigenvalue weighted by molar-refractivity contribution is -0.923. The van der Waals surface area contributed by atoms with E-state index in [0.29, 0.717) is 19.3 Å². The molecule has 0 aliphatic carbocycles. The number of carboxylic acid groups (broad SMARTS) is 3. The van der Waals surface area contributed by atoms with Crippen molar-refractivity contribution in [3.63, 3.8) is 0 Å². The monoisotopic (exact) mass is 652 g/mol. The van der Waals surface area contributed by atoms with Gasteiger partial charge in [0.1, 0.15) is 0 Å². The predicted molar refractivity (Wildman–Crippen MR) is 189 cm³/mol. The quantitative estimate of drug-likeness (QED) is 0.0393. The minimum absolute atomic E-state index is 0.0489. The molecule has 0 aromatic rings. The molecule has 0 aliphatic heterocycles. The number of allylic oxidation sites excluding steroid dienone is 1. The summed E-state index contributed by atoms with van der Waals surface area (Å²) in [7, 11) is 0. The average Bonchev–Trinajstić information content (AvgIpc) is 3.02. The molecule has 0 fully saturated rings. The Labute approximate surface area is 283 Å². The Morgan fingerprint density at radius 2 is 0.826 bits per heavy atom. The predicted octanol–water partition coefficient (Wildman–Crippen LogP) is 9.61. The number of hydrogen-bond acceptors (Lipinski definition) is 4.